The van der Waals surface area contributed by atoms with Crippen LogP contribution in [0.3, 0.4) is 0 Å². The van der Waals surface area contributed by atoms with Crippen molar-refractivity contribution in [3.8, 4) is 11.8 Å². The summed E-state index contributed by atoms with van der Waals surface area (Å²) in [5, 5.41) is 26.7. The van der Waals surface area contributed by atoms with Gasteiger partial charge in [-0.05, 0) is 30.7 Å². The van der Waals surface area contributed by atoms with E-state index in [1.165, 1.54) is 0 Å². The highest BCUT2D eigenvalue weighted by Gasteiger charge is 2.21. The van der Waals surface area contributed by atoms with Crippen LogP contribution in [0, 0.1) is 11.3 Å². The van der Waals surface area contributed by atoms with Gasteiger partial charge in [-0.3, -0.25) is 0 Å². The molecule has 7 nitrogen and oxygen atoms in total. The minimum atomic E-state index is -0.598. The third kappa shape index (κ3) is 4.56. The summed E-state index contributed by atoms with van der Waals surface area (Å²) < 4.78 is 7.53. The van der Waals surface area contributed by atoms with Crippen LogP contribution in [0.4, 0.5) is 0 Å². The molecule has 0 saturated carbocycles. The van der Waals surface area contributed by atoms with E-state index in [0.29, 0.717) is 17.9 Å². The van der Waals surface area contributed by atoms with E-state index in [1.54, 1.807) is 24.3 Å². The van der Waals surface area contributed by atoms with Gasteiger partial charge in [0.25, 0.3) is 0 Å². The topological polar surface area (TPSA) is 96.0 Å². The van der Waals surface area contributed by atoms with Gasteiger partial charge < -0.3 is 15.2 Å². The molecular weight excluding hydrogens is 318 g/mol. The van der Waals surface area contributed by atoms with Crippen molar-refractivity contribution in [1.82, 2.24) is 20.1 Å². The number of ether oxygens (including phenoxy) is 1. The third-order valence-electron chi connectivity index (χ3n) is 4.29. The SMILES string of the molecule is CCc1nc2n(n1)C[C@@H](NC[C@H](O)COc1ccc(C#N)cc1)CC2. The first kappa shape index (κ1) is 17.4. The van der Waals surface area contributed by atoms with Gasteiger partial charge in [0.05, 0.1) is 18.2 Å². The fourth-order valence-corrected chi connectivity index (χ4v) is 2.86. The molecule has 1 aromatic heterocycles. The maximum Gasteiger partial charge on any atom is 0.150 e. The number of fused-ring (bicyclic) bond motifs is 1. The second-order valence-corrected chi connectivity index (χ2v) is 6.22. The summed E-state index contributed by atoms with van der Waals surface area (Å²) in [6, 6.07) is 9.20. The highest BCUT2D eigenvalue weighted by atomic mass is 16.5. The molecule has 2 atom stereocenters. The van der Waals surface area contributed by atoms with E-state index < -0.39 is 6.10 Å². The maximum absolute atomic E-state index is 10.1. The van der Waals surface area contributed by atoms with Crippen LogP contribution in [0.25, 0.3) is 0 Å². The molecule has 25 heavy (non-hydrogen) atoms. The van der Waals surface area contributed by atoms with Gasteiger partial charge >= 0.3 is 0 Å². The van der Waals surface area contributed by atoms with E-state index in [0.717, 1.165) is 37.5 Å². The molecule has 0 spiro atoms. The van der Waals surface area contributed by atoms with Crippen molar-refractivity contribution >= 4 is 0 Å². The predicted molar refractivity (Wildman–Crippen MR) is 92.2 cm³/mol. The summed E-state index contributed by atoms with van der Waals surface area (Å²) in [5.41, 5.74) is 0.588. The van der Waals surface area contributed by atoms with Gasteiger partial charge in [-0.1, -0.05) is 6.92 Å². The second-order valence-electron chi connectivity index (χ2n) is 6.22. The molecule has 0 amide bonds. The van der Waals surface area contributed by atoms with Crippen molar-refractivity contribution in [2.45, 2.75) is 44.9 Å². The van der Waals surface area contributed by atoms with Gasteiger partial charge in [-0.15, -0.1) is 0 Å². The first-order valence-electron chi connectivity index (χ1n) is 8.65. The second kappa shape index (κ2) is 8.10. The average molecular weight is 341 g/mol. The molecule has 1 aliphatic heterocycles. The third-order valence-corrected chi connectivity index (χ3v) is 4.29. The summed E-state index contributed by atoms with van der Waals surface area (Å²) in [7, 11) is 0. The number of nitrogens with one attached hydrogen (secondary N) is 1. The smallest absolute Gasteiger partial charge is 0.150 e. The fourth-order valence-electron chi connectivity index (χ4n) is 2.86. The lowest BCUT2D eigenvalue weighted by Crippen LogP contribution is -2.42. The number of nitriles is 1. The molecule has 0 fully saturated rings. The van der Waals surface area contributed by atoms with Gasteiger partial charge in [0.2, 0.25) is 0 Å². The van der Waals surface area contributed by atoms with Crippen molar-refractivity contribution < 1.29 is 9.84 Å². The standard InChI is InChI=1S/C18H23N5O2/c1-2-17-21-18-8-5-14(11-23(18)22-17)20-10-15(24)12-25-16-6-3-13(9-19)4-7-16/h3-4,6-7,14-15,20,24H,2,5,8,10-12H2,1H3/t14-,15-/m0/s1. The molecule has 0 radical (unpaired) electrons. The van der Waals surface area contributed by atoms with E-state index in [9.17, 15) is 5.11 Å². The molecule has 0 bridgehead atoms. The van der Waals surface area contributed by atoms with Crippen LogP contribution in [0.2, 0.25) is 0 Å². The first-order chi connectivity index (χ1) is 12.2. The molecule has 132 valence electrons. The van der Waals surface area contributed by atoms with Crippen molar-refractivity contribution in [3.63, 3.8) is 0 Å². The minimum Gasteiger partial charge on any atom is -0.491 e. The lowest BCUT2D eigenvalue weighted by molar-refractivity contribution is 0.101. The van der Waals surface area contributed by atoms with E-state index in [4.69, 9.17) is 10.00 Å². The average Bonchev–Trinajstić information content (AvgIpc) is 3.07. The van der Waals surface area contributed by atoms with Gasteiger partial charge in [-0.2, -0.15) is 10.4 Å². The molecule has 0 unspecified atom stereocenters. The van der Waals surface area contributed by atoms with Crippen LogP contribution in [0.15, 0.2) is 24.3 Å². The lowest BCUT2D eigenvalue weighted by Gasteiger charge is -2.24. The summed E-state index contributed by atoms with van der Waals surface area (Å²) in [4.78, 5) is 4.51. The summed E-state index contributed by atoms with van der Waals surface area (Å²) in [6.07, 6.45) is 2.15. The Bertz CT molecular complexity index is 735. The Morgan fingerprint density at radius 3 is 2.96 bits per heavy atom. The molecule has 2 N–H and O–H groups in total. The van der Waals surface area contributed by atoms with Crippen molar-refractivity contribution in [2.75, 3.05) is 13.2 Å². The molecular formula is C18H23N5O2. The maximum atomic E-state index is 10.1. The van der Waals surface area contributed by atoms with Crippen LogP contribution < -0.4 is 10.1 Å². The van der Waals surface area contributed by atoms with E-state index in [2.05, 4.69) is 28.4 Å². The Balaban J connectivity index is 1.41. The van der Waals surface area contributed by atoms with Crippen molar-refractivity contribution in [3.05, 3.63) is 41.5 Å². The molecule has 1 aromatic carbocycles. The van der Waals surface area contributed by atoms with Gasteiger partial charge in [0.1, 0.15) is 24.3 Å². The number of aliphatic hydroxyl groups is 1. The van der Waals surface area contributed by atoms with Gasteiger partial charge in [0, 0.05) is 25.4 Å². The van der Waals surface area contributed by atoms with Crippen molar-refractivity contribution in [1.29, 1.82) is 5.26 Å². The lowest BCUT2D eigenvalue weighted by atomic mass is 10.1. The summed E-state index contributed by atoms with van der Waals surface area (Å²) in [6.45, 7) is 3.51. The minimum absolute atomic E-state index is 0.209. The van der Waals surface area contributed by atoms with Crippen LogP contribution in [0.1, 0.15) is 30.6 Å². The van der Waals surface area contributed by atoms with Gasteiger partial charge in [-0.25, -0.2) is 9.67 Å². The number of benzene rings is 1. The van der Waals surface area contributed by atoms with Crippen LogP contribution >= 0.6 is 0 Å². The number of aliphatic hydroxyl groups excluding tert-OH is 1. The number of rotatable bonds is 7. The molecule has 3 rings (SSSR count). The Kier molecular flexibility index (Phi) is 5.64. The molecule has 1 aliphatic rings. The Labute approximate surface area is 147 Å². The largest absolute Gasteiger partial charge is 0.491 e. The highest BCUT2D eigenvalue weighted by Crippen LogP contribution is 2.14. The zero-order chi connectivity index (χ0) is 17.6. The molecule has 2 heterocycles. The number of hydrogen-bond donors (Lipinski definition) is 2. The Morgan fingerprint density at radius 1 is 1.44 bits per heavy atom. The fraction of sp³-hybridized carbons (Fsp3) is 0.500. The normalized spacial score (nSPS) is 17.6. The molecule has 0 aliphatic carbocycles. The summed E-state index contributed by atoms with van der Waals surface area (Å²) >= 11 is 0. The zero-order valence-electron chi connectivity index (χ0n) is 14.4. The predicted octanol–water partition coefficient (Wildman–Crippen LogP) is 1.06. The molecule has 2 aromatic rings. The van der Waals surface area contributed by atoms with Crippen molar-refractivity contribution in [2.24, 2.45) is 0 Å². The highest BCUT2D eigenvalue weighted by molar-refractivity contribution is 5.34. The number of aromatic nitrogens is 3. The quantitative estimate of drug-likeness (QED) is 0.782. The zero-order valence-corrected chi connectivity index (χ0v) is 14.4. The molecule has 0 saturated heterocycles. The summed E-state index contributed by atoms with van der Waals surface area (Å²) in [5.74, 6) is 2.60. The monoisotopic (exact) mass is 341 g/mol. The van der Waals surface area contributed by atoms with Crippen LogP contribution in [0.5, 0.6) is 5.75 Å². The number of hydrogen-bond acceptors (Lipinski definition) is 6. The van der Waals surface area contributed by atoms with Crippen LogP contribution in [-0.2, 0) is 19.4 Å². The Morgan fingerprint density at radius 2 is 2.24 bits per heavy atom. The van der Waals surface area contributed by atoms with E-state index >= 15 is 0 Å². The van der Waals surface area contributed by atoms with E-state index in [-0.39, 0.29) is 12.6 Å². The Hall–Kier alpha value is -2.43. The van der Waals surface area contributed by atoms with E-state index in [1.807, 2.05) is 4.68 Å². The first-order valence-corrected chi connectivity index (χ1v) is 8.65. The van der Waals surface area contributed by atoms with Crippen LogP contribution in [-0.4, -0.2) is 45.2 Å². The molecule has 7 heteroatoms. The number of nitrogens with zero attached hydrogens (tertiary/aromatic N) is 4. The van der Waals surface area contributed by atoms with Gasteiger partial charge in [0.15, 0.2) is 5.82 Å². The number of aryl methyl sites for hydroxylation is 2.